The van der Waals surface area contributed by atoms with E-state index in [0.717, 1.165) is 17.8 Å². The molecule has 0 saturated heterocycles. The van der Waals surface area contributed by atoms with Crippen molar-refractivity contribution in [1.82, 2.24) is 4.57 Å². The molecule has 0 amide bonds. The normalized spacial score (nSPS) is 10.5. The van der Waals surface area contributed by atoms with Crippen LogP contribution in [0.15, 0.2) is 10.9 Å². The summed E-state index contributed by atoms with van der Waals surface area (Å²) >= 11 is 0. The molecular weight excluding hydrogens is 246 g/mol. The van der Waals surface area contributed by atoms with Gasteiger partial charge in [-0.1, -0.05) is 13.3 Å². The molecule has 1 rings (SSSR count). The molecule has 0 aromatic carbocycles. The summed E-state index contributed by atoms with van der Waals surface area (Å²) in [5, 5.41) is 0. The average molecular weight is 267 g/mol. The number of aryl methyl sites for hydroxylation is 1. The molecule has 0 saturated carbocycles. The third kappa shape index (κ3) is 3.44. The van der Waals surface area contributed by atoms with Crippen LogP contribution in [-0.4, -0.2) is 31.4 Å². The summed E-state index contributed by atoms with van der Waals surface area (Å²) < 4.78 is 11.8. The molecule has 5 nitrogen and oxygen atoms in total. The number of esters is 1. The van der Waals surface area contributed by atoms with E-state index in [-0.39, 0.29) is 11.0 Å². The number of hydrogen-bond acceptors (Lipinski definition) is 4. The Balaban J connectivity index is 3.43. The summed E-state index contributed by atoms with van der Waals surface area (Å²) in [4.78, 5) is 23.8. The highest BCUT2D eigenvalue weighted by atomic mass is 16.5. The van der Waals surface area contributed by atoms with E-state index in [1.807, 2.05) is 18.4 Å². The Morgan fingerprint density at radius 1 is 1.37 bits per heavy atom. The lowest BCUT2D eigenvalue weighted by Gasteiger charge is -2.18. The maximum absolute atomic E-state index is 12.0. The van der Waals surface area contributed by atoms with Crippen molar-refractivity contribution in [3.63, 3.8) is 0 Å². The smallest absolute Gasteiger partial charge is 0.343 e. The highest BCUT2D eigenvalue weighted by molar-refractivity contribution is 5.90. The van der Waals surface area contributed by atoms with Crippen molar-refractivity contribution in [3.05, 3.63) is 33.2 Å². The average Bonchev–Trinajstić information content (AvgIpc) is 2.38. The second kappa shape index (κ2) is 7.09. The standard InChI is InChI=1S/C14H21NO4/c1-5-6-11-13(14(17)19-4)12(16)9-10(2)15(11)7-8-18-3/h9H,5-8H2,1-4H3. The van der Waals surface area contributed by atoms with Crippen LogP contribution < -0.4 is 5.43 Å². The Kier molecular flexibility index (Phi) is 5.76. The third-order valence-electron chi connectivity index (χ3n) is 3.02. The van der Waals surface area contributed by atoms with Gasteiger partial charge in [0.05, 0.1) is 13.7 Å². The molecule has 1 aromatic heterocycles. The van der Waals surface area contributed by atoms with E-state index in [4.69, 9.17) is 9.47 Å². The molecule has 0 aliphatic carbocycles. The Hall–Kier alpha value is -1.62. The molecule has 0 radical (unpaired) electrons. The minimum Gasteiger partial charge on any atom is -0.465 e. The fourth-order valence-corrected chi connectivity index (χ4v) is 2.14. The van der Waals surface area contributed by atoms with Crippen molar-refractivity contribution in [2.45, 2.75) is 33.2 Å². The van der Waals surface area contributed by atoms with Crippen molar-refractivity contribution in [2.75, 3.05) is 20.8 Å². The van der Waals surface area contributed by atoms with E-state index < -0.39 is 5.97 Å². The minimum atomic E-state index is -0.570. The molecule has 1 aromatic rings. The lowest BCUT2D eigenvalue weighted by Crippen LogP contribution is -2.26. The monoisotopic (exact) mass is 267 g/mol. The summed E-state index contributed by atoms with van der Waals surface area (Å²) in [7, 11) is 2.91. The fraction of sp³-hybridized carbons (Fsp3) is 0.571. The number of pyridine rings is 1. The Morgan fingerprint density at radius 3 is 2.58 bits per heavy atom. The lowest BCUT2D eigenvalue weighted by molar-refractivity contribution is 0.0596. The first kappa shape index (κ1) is 15.4. The van der Waals surface area contributed by atoms with Gasteiger partial charge in [0.25, 0.3) is 0 Å². The zero-order valence-electron chi connectivity index (χ0n) is 12.0. The topological polar surface area (TPSA) is 57.5 Å². The highest BCUT2D eigenvalue weighted by Gasteiger charge is 2.19. The van der Waals surface area contributed by atoms with Crippen LogP contribution in [0.5, 0.6) is 0 Å². The van der Waals surface area contributed by atoms with E-state index in [1.54, 1.807) is 7.11 Å². The number of carbonyl (C=O) groups excluding carboxylic acids is 1. The Labute approximate surface area is 113 Å². The summed E-state index contributed by atoms with van der Waals surface area (Å²) in [6, 6.07) is 1.47. The first-order valence-electron chi connectivity index (χ1n) is 6.37. The quantitative estimate of drug-likeness (QED) is 0.734. The predicted octanol–water partition coefficient (Wildman–Crippen LogP) is 1.54. The Morgan fingerprint density at radius 2 is 2.05 bits per heavy atom. The predicted molar refractivity (Wildman–Crippen MR) is 72.6 cm³/mol. The van der Waals surface area contributed by atoms with Gasteiger partial charge in [-0.05, 0) is 13.3 Å². The zero-order chi connectivity index (χ0) is 14.4. The van der Waals surface area contributed by atoms with Crippen molar-refractivity contribution in [1.29, 1.82) is 0 Å². The minimum absolute atomic E-state index is 0.144. The van der Waals surface area contributed by atoms with Gasteiger partial charge >= 0.3 is 5.97 Å². The van der Waals surface area contributed by atoms with Crippen LogP contribution >= 0.6 is 0 Å². The van der Waals surface area contributed by atoms with E-state index in [1.165, 1.54) is 13.2 Å². The van der Waals surface area contributed by atoms with Gasteiger partial charge in [0, 0.05) is 31.1 Å². The van der Waals surface area contributed by atoms with Crippen LogP contribution in [-0.2, 0) is 22.4 Å². The van der Waals surface area contributed by atoms with Gasteiger partial charge in [0.1, 0.15) is 5.56 Å². The van der Waals surface area contributed by atoms with E-state index >= 15 is 0 Å². The number of rotatable bonds is 6. The first-order valence-corrected chi connectivity index (χ1v) is 6.37. The summed E-state index contributed by atoms with van der Waals surface area (Å²) in [6.07, 6.45) is 1.50. The summed E-state index contributed by atoms with van der Waals surface area (Å²) in [5.41, 5.74) is 1.43. The van der Waals surface area contributed by atoms with Crippen LogP contribution in [0.2, 0.25) is 0 Å². The van der Waals surface area contributed by atoms with Gasteiger partial charge < -0.3 is 14.0 Å². The lowest BCUT2D eigenvalue weighted by atomic mass is 10.1. The van der Waals surface area contributed by atoms with Crippen LogP contribution in [0.3, 0.4) is 0 Å². The molecule has 0 unspecified atom stereocenters. The molecule has 0 atom stereocenters. The molecule has 19 heavy (non-hydrogen) atoms. The largest absolute Gasteiger partial charge is 0.465 e. The number of methoxy groups -OCH3 is 2. The Bertz CT molecular complexity index is 505. The van der Waals surface area contributed by atoms with Gasteiger partial charge in [-0.2, -0.15) is 0 Å². The van der Waals surface area contributed by atoms with Crippen LogP contribution in [0.4, 0.5) is 0 Å². The molecule has 0 spiro atoms. The van der Waals surface area contributed by atoms with Crippen molar-refractivity contribution >= 4 is 5.97 Å². The van der Waals surface area contributed by atoms with Crippen molar-refractivity contribution in [2.24, 2.45) is 0 Å². The van der Waals surface area contributed by atoms with Gasteiger partial charge in [-0.25, -0.2) is 4.79 Å². The fourth-order valence-electron chi connectivity index (χ4n) is 2.14. The van der Waals surface area contributed by atoms with Crippen LogP contribution in [0.25, 0.3) is 0 Å². The van der Waals surface area contributed by atoms with E-state index in [9.17, 15) is 9.59 Å². The van der Waals surface area contributed by atoms with Crippen molar-refractivity contribution < 1.29 is 14.3 Å². The molecular formula is C14H21NO4. The molecule has 0 N–H and O–H groups in total. The number of aromatic nitrogens is 1. The van der Waals surface area contributed by atoms with Gasteiger partial charge in [-0.15, -0.1) is 0 Å². The second-order valence-electron chi connectivity index (χ2n) is 4.36. The van der Waals surface area contributed by atoms with E-state index in [2.05, 4.69) is 0 Å². The maximum atomic E-state index is 12.0. The van der Waals surface area contributed by atoms with Gasteiger partial charge in [0.15, 0.2) is 5.43 Å². The number of carbonyl (C=O) groups is 1. The second-order valence-corrected chi connectivity index (χ2v) is 4.36. The van der Waals surface area contributed by atoms with Crippen molar-refractivity contribution in [3.8, 4) is 0 Å². The molecule has 1 heterocycles. The first-order chi connectivity index (χ1) is 9.06. The maximum Gasteiger partial charge on any atom is 0.343 e. The number of hydrogen-bond donors (Lipinski definition) is 0. The summed E-state index contributed by atoms with van der Waals surface area (Å²) in [5.74, 6) is -0.570. The molecule has 5 heteroatoms. The van der Waals surface area contributed by atoms with E-state index in [0.29, 0.717) is 19.6 Å². The molecule has 0 aliphatic heterocycles. The number of ether oxygens (including phenoxy) is 2. The molecule has 106 valence electrons. The zero-order valence-corrected chi connectivity index (χ0v) is 12.0. The summed E-state index contributed by atoms with van der Waals surface area (Å²) in [6.45, 7) is 5.01. The SMILES string of the molecule is CCCc1c(C(=O)OC)c(=O)cc(C)n1CCOC. The van der Waals surface area contributed by atoms with Gasteiger partial charge in [-0.3, -0.25) is 4.79 Å². The van der Waals surface area contributed by atoms with Crippen LogP contribution in [0, 0.1) is 6.92 Å². The molecule has 0 bridgehead atoms. The number of nitrogens with zero attached hydrogens (tertiary/aromatic N) is 1. The molecule has 0 fully saturated rings. The highest BCUT2D eigenvalue weighted by Crippen LogP contribution is 2.12. The third-order valence-corrected chi connectivity index (χ3v) is 3.02. The van der Waals surface area contributed by atoms with Gasteiger partial charge in [0.2, 0.25) is 0 Å². The molecule has 0 aliphatic rings. The van der Waals surface area contributed by atoms with Crippen LogP contribution in [0.1, 0.15) is 35.1 Å².